The molecule has 0 saturated carbocycles. The van der Waals surface area contributed by atoms with Crippen LogP contribution in [-0.4, -0.2) is 45.8 Å². The first kappa shape index (κ1) is 19.6. The average Bonchev–Trinajstić information content (AvgIpc) is 3.32. The number of benzene rings is 2. The van der Waals surface area contributed by atoms with E-state index in [9.17, 15) is 4.79 Å². The van der Waals surface area contributed by atoms with Crippen LogP contribution in [0.2, 0.25) is 0 Å². The largest absolute Gasteiger partial charge is 0.493 e. The van der Waals surface area contributed by atoms with Gasteiger partial charge in [-0.25, -0.2) is 4.98 Å². The molecule has 2 aromatic heterocycles. The zero-order valence-corrected chi connectivity index (χ0v) is 18.2. The Bertz CT molecular complexity index is 1230. The van der Waals surface area contributed by atoms with Crippen molar-refractivity contribution in [3.8, 4) is 22.1 Å². The van der Waals surface area contributed by atoms with Crippen molar-refractivity contribution in [2.24, 2.45) is 0 Å². The number of nitrogens with zero attached hydrogens (tertiary/aromatic N) is 4. The summed E-state index contributed by atoms with van der Waals surface area (Å²) >= 11 is 1.64. The van der Waals surface area contributed by atoms with E-state index >= 15 is 0 Å². The van der Waals surface area contributed by atoms with Gasteiger partial charge in [0.25, 0.3) is 0 Å². The third-order valence-corrected chi connectivity index (χ3v) is 6.51. The molecule has 0 spiro atoms. The van der Waals surface area contributed by atoms with Gasteiger partial charge in [-0.3, -0.25) is 9.48 Å². The second-order valence-electron chi connectivity index (χ2n) is 7.45. The Morgan fingerprint density at radius 3 is 2.90 bits per heavy atom. The molecule has 1 amide bonds. The Kier molecular flexibility index (Phi) is 5.07. The number of rotatable bonds is 4. The van der Waals surface area contributed by atoms with Gasteiger partial charge in [0, 0.05) is 29.6 Å². The Morgan fingerprint density at radius 2 is 2.13 bits per heavy atom. The molecule has 8 heteroatoms. The van der Waals surface area contributed by atoms with Crippen molar-refractivity contribution in [3.05, 3.63) is 59.9 Å². The lowest BCUT2D eigenvalue weighted by Crippen LogP contribution is -2.35. The van der Waals surface area contributed by atoms with Crippen LogP contribution in [0.3, 0.4) is 0 Å². The van der Waals surface area contributed by atoms with E-state index in [0.29, 0.717) is 31.2 Å². The van der Waals surface area contributed by atoms with Crippen LogP contribution in [0.1, 0.15) is 11.3 Å². The van der Waals surface area contributed by atoms with E-state index in [4.69, 9.17) is 14.5 Å². The molecule has 2 aromatic carbocycles. The second-order valence-corrected chi connectivity index (χ2v) is 8.48. The minimum Gasteiger partial charge on any atom is -0.493 e. The minimum absolute atomic E-state index is 0.00704. The molecule has 0 radical (unpaired) electrons. The van der Waals surface area contributed by atoms with Gasteiger partial charge in [-0.2, -0.15) is 5.10 Å². The zero-order chi connectivity index (χ0) is 21.4. The van der Waals surface area contributed by atoms with Gasteiger partial charge >= 0.3 is 0 Å². The molecule has 4 aromatic rings. The molecule has 0 N–H and O–H groups in total. The topological polar surface area (TPSA) is 69.5 Å². The summed E-state index contributed by atoms with van der Waals surface area (Å²) < 4.78 is 14.5. The van der Waals surface area contributed by atoms with E-state index in [-0.39, 0.29) is 12.5 Å². The van der Waals surface area contributed by atoms with Crippen LogP contribution in [0.5, 0.6) is 11.5 Å². The molecule has 31 heavy (non-hydrogen) atoms. The van der Waals surface area contributed by atoms with Crippen molar-refractivity contribution < 1.29 is 14.3 Å². The number of para-hydroxylation sites is 1. The predicted octanol–water partition coefficient (Wildman–Crippen LogP) is 3.90. The fourth-order valence-corrected chi connectivity index (χ4v) is 4.71. The highest BCUT2D eigenvalue weighted by Gasteiger charge is 2.24. The Hall–Kier alpha value is -3.39. The molecule has 1 aliphatic rings. The first-order valence-electron chi connectivity index (χ1n) is 10.1. The van der Waals surface area contributed by atoms with Gasteiger partial charge in [-0.15, -0.1) is 11.3 Å². The van der Waals surface area contributed by atoms with Crippen molar-refractivity contribution in [1.29, 1.82) is 0 Å². The number of carbonyl (C=O) groups excluding carboxylic acids is 1. The number of aryl methyl sites for hydroxylation is 1. The number of hydrogen-bond acceptors (Lipinski definition) is 6. The lowest BCUT2D eigenvalue weighted by molar-refractivity contribution is -0.132. The summed E-state index contributed by atoms with van der Waals surface area (Å²) in [4.78, 5) is 19.6. The van der Waals surface area contributed by atoms with Crippen LogP contribution in [0.25, 0.3) is 20.8 Å². The Labute approximate surface area is 183 Å². The summed E-state index contributed by atoms with van der Waals surface area (Å²) in [5, 5.41) is 5.14. The molecule has 0 unspecified atom stereocenters. The predicted molar refractivity (Wildman–Crippen MR) is 119 cm³/mol. The molecule has 7 nitrogen and oxygen atoms in total. The number of ether oxygens (including phenoxy) is 2. The molecular weight excluding hydrogens is 412 g/mol. The van der Waals surface area contributed by atoms with E-state index in [2.05, 4.69) is 17.2 Å². The number of amides is 1. The molecule has 1 aliphatic heterocycles. The van der Waals surface area contributed by atoms with E-state index in [1.807, 2.05) is 42.2 Å². The molecule has 0 aliphatic carbocycles. The van der Waals surface area contributed by atoms with Crippen LogP contribution >= 0.6 is 11.3 Å². The summed E-state index contributed by atoms with van der Waals surface area (Å²) in [5.74, 6) is 1.36. The second kappa shape index (κ2) is 8.03. The number of hydrogen-bond donors (Lipinski definition) is 0. The number of fused-ring (bicyclic) bond motifs is 2. The fraction of sp³-hybridized carbons (Fsp3) is 0.261. The average molecular weight is 435 g/mol. The standard InChI is InChI=1S/C23H22N4O3S/c1-15-7-8-24-27(15)14-21(28)26-9-10-30-22-17(13-26)11-16(12-19(22)29-2)23-25-18-5-3-4-6-20(18)31-23/h3-8,11-12H,9-10,13-14H2,1-2H3. The fourth-order valence-electron chi connectivity index (χ4n) is 3.76. The molecule has 0 saturated heterocycles. The van der Waals surface area contributed by atoms with Gasteiger partial charge in [-0.1, -0.05) is 12.1 Å². The van der Waals surface area contributed by atoms with Gasteiger partial charge in [0.2, 0.25) is 5.91 Å². The van der Waals surface area contributed by atoms with Gasteiger partial charge < -0.3 is 14.4 Å². The molecule has 0 bridgehead atoms. The van der Waals surface area contributed by atoms with Gasteiger partial charge in [-0.05, 0) is 37.3 Å². The molecule has 158 valence electrons. The van der Waals surface area contributed by atoms with Crippen molar-refractivity contribution in [1.82, 2.24) is 19.7 Å². The highest BCUT2D eigenvalue weighted by Crippen LogP contribution is 2.40. The molecule has 0 fully saturated rings. The van der Waals surface area contributed by atoms with Crippen LogP contribution in [0.4, 0.5) is 0 Å². The summed E-state index contributed by atoms with van der Waals surface area (Å²) in [6.45, 7) is 3.52. The van der Waals surface area contributed by atoms with Gasteiger partial charge in [0.15, 0.2) is 11.5 Å². The maximum Gasteiger partial charge on any atom is 0.244 e. The monoisotopic (exact) mass is 434 g/mol. The maximum atomic E-state index is 13.0. The smallest absolute Gasteiger partial charge is 0.244 e. The Balaban J connectivity index is 1.48. The highest BCUT2D eigenvalue weighted by molar-refractivity contribution is 7.21. The summed E-state index contributed by atoms with van der Waals surface area (Å²) in [6, 6.07) is 14.0. The third kappa shape index (κ3) is 3.74. The molecule has 5 rings (SSSR count). The number of thiazole rings is 1. The highest BCUT2D eigenvalue weighted by atomic mass is 32.1. The maximum absolute atomic E-state index is 13.0. The van der Waals surface area contributed by atoms with Crippen molar-refractivity contribution in [3.63, 3.8) is 0 Å². The van der Waals surface area contributed by atoms with Crippen molar-refractivity contribution in [2.75, 3.05) is 20.3 Å². The van der Waals surface area contributed by atoms with Crippen LogP contribution in [-0.2, 0) is 17.9 Å². The number of aromatic nitrogens is 3. The summed E-state index contributed by atoms with van der Waals surface area (Å²) in [5.41, 5.74) is 3.80. The molecule has 0 atom stereocenters. The van der Waals surface area contributed by atoms with Crippen LogP contribution < -0.4 is 9.47 Å². The first-order chi connectivity index (χ1) is 15.1. The number of methoxy groups -OCH3 is 1. The van der Waals surface area contributed by atoms with Crippen LogP contribution in [0.15, 0.2) is 48.7 Å². The van der Waals surface area contributed by atoms with Crippen molar-refractivity contribution >= 4 is 27.5 Å². The molecular formula is C23H22N4O3S. The van der Waals surface area contributed by atoms with Gasteiger partial charge in [0.05, 0.1) is 23.9 Å². The number of carbonyl (C=O) groups is 1. The Morgan fingerprint density at radius 1 is 1.26 bits per heavy atom. The van der Waals surface area contributed by atoms with Crippen molar-refractivity contribution in [2.45, 2.75) is 20.0 Å². The van der Waals surface area contributed by atoms with E-state index in [0.717, 1.165) is 32.0 Å². The SMILES string of the molecule is COc1cc(-c2nc3ccccc3s2)cc2c1OCCN(C(=O)Cn1nccc1C)C2. The lowest BCUT2D eigenvalue weighted by Gasteiger charge is -2.20. The van der Waals surface area contributed by atoms with E-state index in [1.54, 1.807) is 29.3 Å². The third-order valence-electron chi connectivity index (χ3n) is 5.43. The lowest BCUT2D eigenvalue weighted by atomic mass is 10.1. The van der Waals surface area contributed by atoms with Crippen LogP contribution in [0, 0.1) is 6.92 Å². The quantitative estimate of drug-likeness (QED) is 0.487. The van der Waals surface area contributed by atoms with Gasteiger partial charge in [0.1, 0.15) is 18.2 Å². The zero-order valence-electron chi connectivity index (χ0n) is 17.4. The normalized spacial score (nSPS) is 13.5. The minimum atomic E-state index is 0.00704. The van der Waals surface area contributed by atoms with E-state index in [1.165, 1.54) is 0 Å². The summed E-state index contributed by atoms with van der Waals surface area (Å²) in [7, 11) is 1.63. The first-order valence-corrected chi connectivity index (χ1v) is 10.9. The molecule has 3 heterocycles. The van der Waals surface area contributed by atoms with E-state index < -0.39 is 0 Å². The summed E-state index contributed by atoms with van der Waals surface area (Å²) in [6.07, 6.45) is 1.71.